The maximum absolute atomic E-state index is 11.8. The highest BCUT2D eigenvalue weighted by Crippen LogP contribution is 2.31. The molecule has 2 aliphatic rings. The number of carbonyl (C=O) groups is 1. The number of nitrogens with zero attached hydrogens (tertiary/aromatic N) is 1. The second-order valence-corrected chi connectivity index (χ2v) is 5.38. The summed E-state index contributed by atoms with van der Waals surface area (Å²) in [4.78, 5) is 13.7. The summed E-state index contributed by atoms with van der Waals surface area (Å²) < 4.78 is 16.3. The molecule has 0 amide bonds. The molecule has 1 fully saturated rings. The molecule has 3 rings (SSSR count). The van der Waals surface area contributed by atoms with Crippen LogP contribution < -0.4 is 9.47 Å². The monoisotopic (exact) mass is 293 g/mol. The molecule has 3 unspecified atom stereocenters. The van der Waals surface area contributed by atoms with Crippen LogP contribution >= 0.6 is 0 Å². The van der Waals surface area contributed by atoms with E-state index in [1.165, 1.54) is 7.11 Å². The molecule has 1 N–H and O–H groups in total. The van der Waals surface area contributed by atoms with Crippen LogP contribution in [0.1, 0.15) is 6.42 Å². The normalized spacial score (nSPS) is 28.4. The molecule has 6 nitrogen and oxygen atoms in total. The highest BCUT2D eigenvalue weighted by atomic mass is 16.6. The number of hydrogen-bond donors (Lipinski definition) is 1. The van der Waals surface area contributed by atoms with Crippen LogP contribution in [0.3, 0.4) is 0 Å². The van der Waals surface area contributed by atoms with Crippen molar-refractivity contribution in [2.75, 3.05) is 26.8 Å². The number of likely N-dealkylation sites (tertiary alicyclic amines) is 1. The molecule has 0 spiro atoms. The number of methoxy groups -OCH3 is 1. The van der Waals surface area contributed by atoms with Gasteiger partial charge >= 0.3 is 5.97 Å². The van der Waals surface area contributed by atoms with Gasteiger partial charge in [-0.1, -0.05) is 12.1 Å². The van der Waals surface area contributed by atoms with Gasteiger partial charge in [-0.3, -0.25) is 9.69 Å². The highest BCUT2D eigenvalue weighted by molar-refractivity contribution is 5.76. The number of fused-ring (bicyclic) bond motifs is 1. The Balaban J connectivity index is 1.65. The quantitative estimate of drug-likeness (QED) is 0.815. The van der Waals surface area contributed by atoms with Gasteiger partial charge in [-0.2, -0.15) is 0 Å². The van der Waals surface area contributed by atoms with Crippen molar-refractivity contribution in [3.05, 3.63) is 24.3 Å². The topological polar surface area (TPSA) is 68.2 Å². The lowest BCUT2D eigenvalue weighted by atomic mass is 10.2. The lowest BCUT2D eigenvalue weighted by Crippen LogP contribution is -2.45. The van der Waals surface area contributed by atoms with Crippen LogP contribution in [0.5, 0.6) is 11.5 Å². The predicted molar refractivity (Wildman–Crippen MR) is 74.4 cm³/mol. The van der Waals surface area contributed by atoms with Crippen LogP contribution in [0.2, 0.25) is 0 Å². The fourth-order valence-corrected chi connectivity index (χ4v) is 2.88. The van der Waals surface area contributed by atoms with Crippen molar-refractivity contribution in [2.24, 2.45) is 0 Å². The predicted octanol–water partition coefficient (Wildman–Crippen LogP) is 0.435. The fourth-order valence-electron chi connectivity index (χ4n) is 2.88. The number of para-hydroxylation sites is 2. The number of ether oxygens (including phenoxy) is 3. The number of esters is 1. The minimum Gasteiger partial charge on any atom is -0.486 e. The molecular weight excluding hydrogens is 274 g/mol. The largest absolute Gasteiger partial charge is 0.486 e. The van der Waals surface area contributed by atoms with E-state index in [1.54, 1.807) is 0 Å². The summed E-state index contributed by atoms with van der Waals surface area (Å²) in [5.74, 6) is 1.13. The number of benzene rings is 1. The first-order valence-electron chi connectivity index (χ1n) is 7.06. The molecule has 3 atom stereocenters. The minimum absolute atomic E-state index is 0.169. The van der Waals surface area contributed by atoms with Crippen molar-refractivity contribution >= 4 is 5.97 Å². The summed E-state index contributed by atoms with van der Waals surface area (Å²) in [5.41, 5.74) is 0. The molecule has 0 aromatic heterocycles. The maximum Gasteiger partial charge on any atom is 0.323 e. The van der Waals surface area contributed by atoms with Gasteiger partial charge in [0.2, 0.25) is 0 Å². The summed E-state index contributed by atoms with van der Waals surface area (Å²) in [6.07, 6.45) is -0.278. The number of carbonyl (C=O) groups excluding carboxylic acids is 1. The Bertz CT molecular complexity index is 521. The molecular formula is C15H19NO5. The molecule has 2 aliphatic heterocycles. The molecule has 0 aliphatic carbocycles. The smallest absolute Gasteiger partial charge is 0.323 e. The molecule has 114 valence electrons. The molecule has 1 aromatic carbocycles. The van der Waals surface area contributed by atoms with E-state index in [4.69, 9.17) is 14.2 Å². The lowest BCUT2D eigenvalue weighted by Gasteiger charge is -2.31. The van der Waals surface area contributed by atoms with Gasteiger partial charge in [-0.25, -0.2) is 0 Å². The second kappa shape index (κ2) is 5.91. The Labute approximate surface area is 123 Å². The van der Waals surface area contributed by atoms with Crippen molar-refractivity contribution in [1.29, 1.82) is 0 Å². The summed E-state index contributed by atoms with van der Waals surface area (Å²) in [5, 5.41) is 9.78. The summed E-state index contributed by atoms with van der Waals surface area (Å²) in [7, 11) is 1.36. The van der Waals surface area contributed by atoms with Gasteiger partial charge in [0.05, 0.1) is 13.2 Å². The number of aliphatic hydroxyl groups is 1. The van der Waals surface area contributed by atoms with Gasteiger partial charge in [-0.15, -0.1) is 0 Å². The third-order valence-corrected chi connectivity index (χ3v) is 3.86. The van der Waals surface area contributed by atoms with Gasteiger partial charge in [0.25, 0.3) is 0 Å². The molecule has 6 heteroatoms. The zero-order chi connectivity index (χ0) is 14.8. The van der Waals surface area contributed by atoms with Crippen LogP contribution in [0, 0.1) is 0 Å². The molecule has 0 radical (unpaired) electrons. The van der Waals surface area contributed by atoms with Crippen LogP contribution in [-0.4, -0.2) is 61.0 Å². The van der Waals surface area contributed by atoms with Crippen LogP contribution in [0.25, 0.3) is 0 Å². The van der Waals surface area contributed by atoms with Crippen molar-refractivity contribution in [1.82, 2.24) is 4.90 Å². The summed E-state index contributed by atoms with van der Waals surface area (Å²) in [6, 6.07) is 7.10. The van der Waals surface area contributed by atoms with Crippen molar-refractivity contribution < 1.29 is 24.1 Å². The zero-order valence-electron chi connectivity index (χ0n) is 11.9. The Morgan fingerprint density at radius 2 is 2.19 bits per heavy atom. The van der Waals surface area contributed by atoms with Gasteiger partial charge < -0.3 is 19.3 Å². The van der Waals surface area contributed by atoms with E-state index in [0.29, 0.717) is 31.9 Å². The van der Waals surface area contributed by atoms with Gasteiger partial charge in [0, 0.05) is 19.5 Å². The van der Waals surface area contributed by atoms with Crippen LogP contribution in [0.4, 0.5) is 0 Å². The van der Waals surface area contributed by atoms with Crippen LogP contribution in [-0.2, 0) is 9.53 Å². The third kappa shape index (κ3) is 2.96. The van der Waals surface area contributed by atoms with Gasteiger partial charge in [-0.05, 0) is 12.1 Å². The molecule has 1 saturated heterocycles. The lowest BCUT2D eigenvalue weighted by molar-refractivity contribution is -0.146. The first-order valence-corrected chi connectivity index (χ1v) is 7.06. The van der Waals surface area contributed by atoms with Crippen molar-refractivity contribution in [2.45, 2.75) is 24.7 Å². The fraction of sp³-hybridized carbons (Fsp3) is 0.533. The number of rotatable bonds is 3. The Morgan fingerprint density at radius 1 is 1.43 bits per heavy atom. The second-order valence-electron chi connectivity index (χ2n) is 5.38. The van der Waals surface area contributed by atoms with E-state index in [9.17, 15) is 9.90 Å². The average molecular weight is 293 g/mol. The van der Waals surface area contributed by atoms with Gasteiger partial charge in [0.1, 0.15) is 18.8 Å². The minimum atomic E-state index is -0.508. The first kappa shape index (κ1) is 14.2. The van der Waals surface area contributed by atoms with E-state index in [1.807, 2.05) is 29.2 Å². The third-order valence-electron chi connectivity index (χ3n) is 3.86. The number of hydrogen-bond acceptors (Lipinski definition) is 6. The van der Waals surface area contributed by atoms with Crippen molar-refractivity contribution in [3.63, 3.8) is 0 Å². The molecule has 0 bridgehead atoms. The average Bonchev–Trinajstić information content (AvgIpc) is 2.87. The molecule has 2 heterocycles. The Kier molecular flexibility index (Phi) is 3.98. The van der Waals surface area contributed by atoms with E-state index < -0.39 is 12.1 Å². The molecule has 0 saturated carbocycles. The van der Waals surface area contributed by atoms with E-state index in [2.05, 4.69) is 0 Å². The standard InChI is InChI=1S/C15H19NO5/c1-19-15(18)12-6-10(17)7-16(12)8-11-9-20-13-4-2-3-5-14(13)21-11/h2-5,10-12,17H,6-9H2,1H3. The summed E-state index contributed by atoms with van der Waals surface area (Å²) in [6.45, 7) is 1.39. The van der Waals surface area contributed by atoms with E-state index in [0.717, 1.165) is 5.75 Å². The van der Waals surface area contributed by atoms with Crippen molar-refractivity contribution in [3.8, 4) is 11.5 Å². The highest BCUT2D eigenvalue weighted by Gasteiger charge is 2.38. The van der Waals surface area contributed by atoms with E-state index in [-0.39, 0.29) is 12.1 Å². The summed E-state index contributed by atoms with van der Waals surface area (Å²) >= 11 is 0. The number of β-amino-alcohol motifs (C(OH)–C–C–N with tert-alkyl or cyclic N) is 1. The van der Waals surface area contributed by atoms with Crippen LogP contribution in [0.15, 0.2) is 24.3 Å². The Hall–Kier alpha value is -1.79. The van der Waals surface area contributed by atoms with Gasteiger partial charge in [0.15, 0.2) is 11.5 Å². The van der Waals surface area contributed by atoms with E-state index >= 15 is 0 Å². The first-order chi connectivity index (χ1) is 10.2. The zero-order valence-corrected chi connectivity index (χ0v) is 11.9. The molecule has 21 heavy (non-hydrogen) atoms. The Morgan fingerprint density at radius 3 is 2.95 bits per heavy atom. The number of aliphatic hydroxyl groups excluding tert-OH is 1. The SMILES string of the molecule is COC(=O)C1CC(O)CN1CC1COc2ccccc2O1. The molecule has 1 aromatic rings. The maximum atomic E-state index is 11.8.